The molecule has 0 unspecified atom stereocenters. The molecule has 19 heavy (non-hydrogen) atoms. The van der Waals surface area contributed by atoms with Gasteiger partial charge in [-0.3, -0.25) is 0 Å². The first-order valence-electron chi connectivity index (χ1n) is 6.23. The van der Waals surface area contributed by atoms with Crippen LogP contribution in [-0.4, -0.2) is 21.3 Å². The lowest BCUT2D eigenvalue weighted by molar-refractivity contribution is 0.284. The Balaban J connectivity index is 2.13. The van der Waals surface area contributed by atoms with E-state index in [2.05, 4.69) is 10.1 Å². The smallest absolute Gasteiger partial charge is 0.164 e. The number of aromatic nitrogens is 3. The zero-order valence-corrected chi connectivity index (χ0v) is 11.6. The maximum Gasteiger partial charge on any atom is 0.164 e. The summed E-state index contributed by atoms with van der Waals surface area (Å²) < 4.78 is 7.59. The highest BCUT2D eigenvalue weighted by atomic mass is 35.5. The predicted molar refractivity (Wildman–Crippen MR) is 74.2 cm³/mol. The summed E-state index contributed by atoms with van der Waals surface area (Å²) in [5.41, 5.74) is 6.53. The summed E-state index contributed by atoms with van der Waals surface area (Å²) in [5.74, 6) is 1.55. The highest BCUT2D eigenvalue weighted by Crippen LogP contribution is 2.27. The van der Waals surface area contributed by atoms with E-state index in [1.807, 2.05) is 25.1 Å². The van der Waals surface area contributed by atoms with Crippen LogP contribution in [0, 0.1) is 0 Å². The molecule has 0 spiro atoms. The fraction of sp³-hybridized carbons (Fsp3) is 0.385. The normalized spacial score (nSPS) is 10.7. The molecule has 0 saturated carbocycles. The van der Waals surface area contributed by atoms with Crippen LogP contribution in [0.25, 0.3) is 0 Å². The zero-order chi connectivity index (χ0) is 13.7. The molecule has 1 aromatic heterocycles. The number of rotatable bonds is 6. The van der Waals surface area contributed by atoms with E-state index in [9.17, 15) is 0 Å². The van der Waals surface area contributed by atoms with Crippen LogP contribution in [0.4, 0.5) is 0 Å². The largest absolute Gasteiger partial charge is 0.485 e. The molecule has 0 aliphatic heterocycles. The van der Waals surface area contributed by atoms with Gasteiger partial charge in [0, 0.05) is 17.1 Å². The summed E-state index contributed by atoms with van der Waals surface area (Å²) in [6.45, 7) is 3.68. The number of aryl methyl sites for hydroxylation is 1. The number of hydrogen-bond acceptors (Lipinski definition) is 4. The predicted octanol–water partition coefficient (Wildman–Crippen LogP) is 2.03. The molecule has 6 heteroatoms. The molecule has 0 atom stereocenters. The number of halogens is 1. The van der Waals surface area contributed by atoms with Crippen LogP contribution in [0.5, 0.6) is 5.75 Å². The van der Waals surface area contributed by atoms with Crippen LogP contribution in [0.3, 0.4) is 0 Å². The summed E-state index contributed by atoms with van der Waals surface area (Å²) in [6.07, 6.45) is 2.22. The van der Waals surface area contributed by atoms with E-state index in [1.54, 1.807) is 4.68 Å². The van der Waals surface area contributed by atoms with Crippen LogP contribution < -0.4 is 10.5 Å². The quantitative estimate of drug-likeness (QED) is 0.879. The highest BCUT2D eigenvalue weighted by molar-refractivity contribution is 6.31. The van der Waals surface area contributed by atoms with E-state index in [0.717, 1.165) is 23.7 Å². The second-order valence-electron chi connectivity index (χ2n) is 4.04. The van der Waals surface area contributed by atoms with E-state index in [1.165, 1.54) is 6.33 Å². The van der Waals surface area contributed by atoms with Gasteiger partial charge in [-0.1, -0.05) is 17.7 Å². The number of benzene rings is 1. The Morgan fingerprint density at radius 1 is 1.42 bits per heavy atom. The molecule has 2 N–H and O–H groups in total. The maximum absolute atomic E-state index is 6.16. The summed E-state index contributed by atoms with van der Waals surface area (Å²) in [4.78, 5) is 4.17. The van der Waals surface area contributed by atoms with Crippen LogP contribution in [-0.2, 0) is 19.6 Å². The second-order valence-corrected chi connectivity index (χ2v) is 4.44. The average molecular weight is 281 g/mol. The monoisotopic (exact) mass is 280 g/mol. The third kappa shape index (κ3) is 3.24. The van der Waals surface area contributed by atoms with Gasteiger partial charge in [0.2, 0.25) is 0 Å². The van der Waals surface area contributed by atoms with Gasteiger partial charge in [0.1, 0.15) is 18.7 Å². The molecule has 1 aromatic carbocycles. The second kappa shape index (κ2) is 6.54. The molecule has 102 valence electrons. The standard InChI is InChI=1S/C13H17ClN4O/c1-2-18-13(16-9-17-18)8-19-12-5-3-4-11(14)10(12)6-7-15/h3-5,9H,2,6-8,15H2,1H3. The Hall–Kier alpha value is -1.59. The van der Waals surface area contributed by atoms with E-state index in [4.69, 9.17) is 22.1 Å². The van der Waals surface area contributed by atoms with Crippen LogP contribution in [0.15, 0.2) is 24.5 Å². The molecule has 0 bridgehead atoms. The summed E-state index contributed by atoms with van der Waals surface area (Å²) in [6, 6.07) is 5.60. The van der Waals surface area contributed by atoms with Crippen molar-refractivity contribution in [3.8, 4) is 5.75 Å². The van der Waals surface area contributed by atoms with Crippen molar-refractivity contribution in [3.63, 3.8) is 0 Å². The van der Waals surface area contributed by atoms with Crippen molar-refractivity contribution in [3.05, 3.63) is 40.9 Å². The number of nitrogens with two attached hydrogens (primary N) is 1. The van der Waals surface area contributed by atoms with E-state index < -0.39 is 0 Å². The minimum Gasteiger partial charge on any atom is -0.485 e. The van der Waals surface area contributed by atoms with Crippen molar-refractivity contribution >= 4 is 11.6 Å². The molecule has 2 aromatic rings. The lowest BCUT2D eigenvalue weighted by Gasteiger charge is -2.12. The van der Waals surface area contributed by atoms with Gasteiger partial charge in [-0.25, -0.2) is 9.67 Å². The van der Waals surface area contributed by atoms with Gasteiger partial charge in [0.05, 0.1) is 0 Å². The van der Waals surface area contributed by atoms with Crippen LogP contribution in [0.2, 0.25) is 5.02 Å². The summed E-state index contributed by atoms with van der Waals surface area (Å²) in [7, 11) is 0. The fourth-order valence-corrected chi connectivity index (χ4v) is 2.13. The Bertz CT molecular complexity index is 541. The Labute approximate surface area is 117 Å². The highest BCUT2D eigenvalue weighted by Gasteiger charge is 2.09. The first-order valence-corrected chi connectivity index (χ1v) is 6.61. The molecular formula is C13H17ClN4O. The lowest BCUT2D eigenvalue weighted by atomic mass is 10.1. The van der Waals surface area contributed by atoms with E-state index >= 15 is 0 Å². The van der Waals surface area contributed by atoms with E-state index in [0.29, 0.717) is 24.6 Å². The lowest BCUT2D eigenvalue weighted by Crippen LogP contribution is -2.09. The average Bonchev–Trinajstić information content (AvgIpc) is 2.87. The molecule has 0 saturated heterocycles. The van der Waals surface area contributed by atoms with Crippen molar-refractivity contribution in [2.75, 3.05) is 6.54 Å². The minimum absolute atomic E-state index is 0.367. The topological polar surface area (TPSA) is 66.0 Å². The minimum atomic E-state index is 0.367. The first-order chi connectivity index (χ1) is 9.26. The fourth-order valence-electron chi connectivity index (χ4n) is 1.87. The third-order valence-electron chi connectivity index (χ3n) is 2.82. The molecule has 0 amide bonds. The van der Waals surface area contributed by atoms with Gasteiger partial charge in [0.25, 0.3) is 0 Å². The van der Waals surface area contributed by atoms with Gasteiger partial charge in [-0.15, -0.1) is 0 Å². The zero-order valence-electron chi connectivity index (χ0n) is 10.8. The van der Waals surface area contributed by atoms with Crippen molar-refractivity contribution in [2.24, 2.45) is 5.73 Å². The third-order valence-corrected chi connectivity index (χ3v) is 3.18. The summed E-state index contributed by atoms with van der Waals surface area (Å²) in [5, 5.41) is 4.78. The van der Waals surface area contributed by atoms with Gasteiger partial charge in [-0.2, -0.15) is 5.10 Å². The van der Waals surface area contributed by atoms with Crippen LogP contribution in [0.1, 0.15) is 18.3 Å². The number of hydrogen-bond donors (Lipinski definition) is 1. The van der Waals surface area contributed by atoms with Crippen molar-refractivity contribution < 1.29 is 4.74 Å². The Morgan fingerprint density at radius 2 is 2.26 bits per heavy atom. The SMILES string of the molecule is CCn1ncnc1COc1cccc(Cl)c1CCN. The van der Waals surface area contributed by atoms with Crippen molar-refractivity contribution in [1.29, 1.82) is 0 Å². The van der Waals surface area contributed by atoms with Crippen molar-refractivity contribution in [1.82, 2.24) is 14.8 Å². The molecule has 0 radical (unpaired) electrons. The molecular weight excluding hydrogens is 264 g/mol. The number of nitrogens with zero attached hydrogens (tertiary/aromatic N) is 3. The molecule has 0 aliphatic carbocycles. The molecule has 1 heterocycles. The Morgan fingerprint density at radius 3 is 3.00 bits per heavy atom. The molecule has 0 fully saturated rings. The molecule has 0 aliphatic rings. The first kappa shape index (κ1) is 13.8. The van der Waals surface area contributed by atoms with Gasteiger partial charge >= 0.3 is 0 Å². The van der Waals surface area contributed by atoms with Crippen LogP contribution >= 0.6 is 11.6 Å². The number of ether oxygens (including phenoxy) is 1. The molecule has 5 nitrogen and oxygen atoms in total. The Kier molecular flexibility index (Phi) is 4.76. The van der Waals surface area contributed by atoms with Crippen molar-refractivity contribution in [2.45, 2.75) is 26.5 Å². The van der Waals surface area contributed by atoms with E-state index in [-0.39, 0.29) is 0 Å². The molecule has 2 rings (SSSR count). The van der Waals surface area contributed by atoms with Gasteiger partial charge < -0.3 is 10.5 Å². The summed E-state index contributed by atoms with van der Waals surface area (Å²) >= 11 is 6.16. The van der Waals surface area contributed by atoms with Gasteiger partial charge in [0.15, 0.2) is 5.82 Å². The maximum atomic E-state index is 6.16. The van der Waals surface area contributed by atoms with Gasteiger partial charge in [-0.05, 0) is 32.0 Å².